The van der Waals surface area contributed by atoms with Crippen LogP contribution in [0.25, 0.3) is 5.69 Å². The fraction of sp³-hybridized carbons (Fsp3) is 0.353. The summed E-state index contributed by atoms with van der Waals surface area (Å²) in [5.74, 6) is -0.212. The maximum atomic E-state index is 12.4. The van der Waals surface area contributed by atoms with Crippen molar-refractivity contribution in [1.82, 2.24) is 19.6 Å². The van der Waals surface area contributed by atoms with Gasteiger partial charge in [-0.1, -0.05) is 0 Å². The molecule has 0 spiro atoms. The number of hydrogen-bond donors (Lipinski definition) is 0. The molecule has 1 aromatic heterocycles. The van der Waals surface area contributed by atoms with Crippen molar-refractivity contribution < 1.29 is 9.59 Å². The smallest absolute Gasteiger partial charge is 0.254 e. The third kappa shape index (κ3) is 3.97. The molecule has 1 heterocycles. The van der Waals surface area contributed by atoms with E-state index in [1.54, 1.807) is 35.0 Å². The van der Waals surface area contributed by atoms with Crippen LogP contribution in [0.15, 0.2) is 42.7 Å². The van der Waals surface area contributed by atoms with Crippen LogP contribution in [0.4, 0.5) is 0 Å². The molecule has 23 heavy (non-hydrogen) atoms. The Hall–Kier alpha value is -2.63. The first kappa shape index (κ1) is 16.7. The minimum atomic E-state index is -0.169. The van der Waals surface area contributed by atoms with E-state index in [4.69, 9.17) is 0 Å². The van der Waals surface area contributed by atoms with Crippen molar-refractivity contribution in [1.29, 1.82) is 0 Å². The van der Waals surface area contributed by atoms with Crippen molar-refractivity contribution in [2.45, 2.75) is 13.8 Å². The largest absolute Gasteiger partial charge is 0.342 e. The van der Waals surface area contributed by atoms with E-state index in [2.05, 4.69) is 5.10 Å². The lowest BCUT2D eigenvalue weighted by molar-refractivity contribution is -0.131. The predicted octanol–water partition coefficient (Wildman–Crippen LogP) is 1.81. The molecule has 0 aliphatic rings. The van der Waals surface area contributed by atoms with Crippen LogP contribution in [-0.2, 0) is 4.79 Å². The summed E-state index contributed by atoms with van der Waals surface area (Å²) in [6.45, 7) is 5.24. The van der Waals surface area contributed by atoms with Crippen LogP contribution in [0, 0.1) is 0 Å². The molecule has 2 aromatic rings. The van der Waals surface area contributed by atoms with E-state index in [9.17, 15) is 9.59 Å². The highest BCUT2D eigenvalue weighted by Crippen LogP contribution is 2.10. The van der Waals surface area contributed by atoms with Gasteiger partial charge in [0, 0.05) is 38.1 Å². The van der Waals surface area contributed by atoms with E-state index in [0.717, 1.165) is 5.69 Å². The number of carbonyl (C=O) groups is 2. The summed E-state index contributed by atoms with van der Waals surface area (Å²) in [7, 11) is 1.64. The number of amides is 2. The third-order valence-corrected chi connectivity index (χ3v) is 3.72. The Kier molecular flexibility index (Phi) is 5.51. The lowest BCUT2D eigenvalue weighted by atomic mass is 10.2. The first-order valence-corrected chi connectivity index (χ1v) is 7.70. The fourth-order valence-electron chi connectivity index (χ4n) is 2.35. The molecule has 6 heteroatoms. The molecule has 0 N–H and O–H groups in total. The number of nitrogens with zero attached hydrogens (tertiary/aromatic N) is 4. The molecule has 1 aromatic carbocycles. The Morgan fingerprint density at radius 1 is 1.13 bits per heavy atom. The van der Waals surface area contributed by atoms with Gasteiger partial charge in [0.25, 0.3) is 5.91 Å². The quantitative estimate of drug-likeness (QED) is 0.817. The van der Waals surface area contributed by atoms with E-state index < -0.39 is 0 Å². The van der Waals surface area contributed by atoms with Gasteiger partial charge in [-0.25, -0.2) is 4.68 Å². The molecule has 0 atom stereocenters. The highest BCUT2D eigenvalue weighted by Gasteiger charge is 2.17. The van der Waals surface area contributed by atoms with Gasteiger partial charge >= 0.3 is 0 Å². The topological polar surface area (TPSA) is 58.4 Å². The van der Waals surface area contributed by atoms with E-state index >= 15 is 0 Å². The lowest BCUT2D eigenvalue weighted by Crippen LogP contribution is -2.41. The normalized spacial score (nSPS) is 10.4. The van der Waals surface area contributed by atoms with Crippen LogP contribution in [-0.4, -0.2) is 58.1 Å². The average molecular weight is 314 g/mol. The molecular formula is C17H22N4O2. The van der Waals surface area contributed by atoms with Crippen molar-refractivity contribution in [3.63, 3.8) is 0 Å². The number of carbonyl (C=O) groups excluding carboxylic acids is 2. The molecule has 6 nitrogen and oxygen atoms in total. The maximum Gasteiger partial charge on any atom is 0.254 e. The first-order valence-electron chi connectivity index (χ1n) is 7.70. The van der Waals surface area contributed by atoms with Gasteiger partial charge < -0.3 is 9.80 Å². The van der Waals surface area contributed by atoms with Crippen LogP contribution in [0.3, 0.4) is 0 Å². The van der Waals surface area contributed by atoms with Crippen molar-refractivity contribution >= 4 is 11.8 Å². The summed E-state index contributed by atoms with van der Waals surface area (Å²) in [6, 6.07) is 9.00. The molecule has 0 aliphatic carbocycles. The molecular weight excluding hydrogens is 292 g/mol. The minimum absolute atomic E-state index is 0.0426. The summed E-state index contributed by atoms with van der Waals surface area (Å²) >= 11 is 0. The maximum absolute atomic E-state index is 12.4. The second-order valence-electron chi connectivity index (χ2n) is 5.22. The zero-order valence-electron chi connectivity index (χ0n) is 13.8. The van der Waals surface area contributed by atoms with Crippen molar-refractivity contribution in [3.05, 3.63) is 48.3 Å². The zero-order valence-corrected chi connectivity index (χ0v) is 13.8. The van der Waals surface area contributed by atoms with Crippen LogP contribution in [0.2, 0.25) is 0 Å². The number of aromatic nitrogens is 2. The molecule has 0 unspecified atom stereocenters. The van der Waals surface area contributed by atoms with E-state index in [1.165, 1.54) is 4.90 Å². The van der Waals surface area contributed by atoms with Crippen molar-refractivity contribution in [2.75, 3.05) is 26.7 Å². The Labute approximate surface area is 136 Å². The van der Waals surface area contributed by atoms with Gasteiger partial charge in [-0.2, -0.15) is 5.10 Å². The predicted molar refractivity (Wildman–Crippen MR) is 88.5 cm³/mol. The molecule has 0 fully saturated rings. The highest BCUT2D eigenvalue weighted by atomic mass is 16.2. The lowest BCUT2D eigenvalue weighted by Gasteiger charge is -2.23. The average Bonchev–Trinajstić information content (AvgIpc) is 3.10. The summed E-state index contributed by atoms with van der Waals surface area (Å²) in [6.07, 6.45) is 3.54. The molecule has 0 bridgehead atoms. The Morgan fingerprint density at radius 2 is 1.78 bits per heavy atom. The fourth-order valence-corrected chi connectivity index (χ4v) is 2.35. The number of likely N-dealkylation sites (N-methyl/N-ethyl adjacent to an activating group) is 2. The van der Waals surface area contributed by atoms with Gasteiger partial charge in [0.1, 0.15) is 0 Å². The van der Waals surface area contributed by atoms with Gasteiger partial charge in [0.2, 0.25) is 5.91 Å². The SMILES string of the molecule is CCN(CC)C(=O)CN(C)C(=O)c1ccc(-n2cccn2)cc1. The molecule has 0 radical (unpaired) electrons. The van der Waals surface area contributed by atoms with Crippen LogP contribution >= 0.6 is 0 Å². The van der Waals surface area contributed by atoms with E-state index in [-0.39, 0.29) is 18.4 Å². The van der Waals surface area contributed by atoms with Crippen molar-refractivity contribution in [2.24, 2.45) is 0 Å². The van der Waals surface area contributed by atoms with Gasteiger partial charge in [0.05, 0.1) is 12.2 Å². The Balaban J connectivity index is 2.03. The van der Waals surface area contributed by atoms with Gasteiger partial charge in [-0.05, 0) is 44.2 Å². The standard InChI is InChI=1S/C17H22N4O2/c1-4-20(5-2)16(22)13-19(3)17(23)14-7-9-15(10-8-14)21-12-6-11-18-21/h6-12H,4-5,13H2,1-3H3. The number of hydrogen-bond acceptors (Lipinski definition) is 3. The summed E-state index contributed by atoms with van der Waals surface area (Å²) < 4.78 is 1.72. The highest BCUT2D eigenvalue weighted by molar-refractivity contribution is 5.96. The zero-order chi connectivity index (χ0) is 16.8. The van der Waals surface area contributed by atoms with Gasteiger partial charge in [-0.3, -0.25) is 9.59 Å². The number of benzene rings is 1. The summed E-state index contributed by atoms with van der Waals surface area (Å²) in [4.78, 5) is 27.7. The monoisotopic (exact) mass is 314 g/mol. The van der Waals surface area contributed by atoms with Crippen molar-refractivity contribution in [3.8, 4) is 5.69 Å². The van der Waals surface area contributed by atoms with Gasteiger partial charge in [-0.15, -0.1) is 0 Å². The first-order chi connectivity index (χ1) is 11.1. The van der Waals surface area contributed by atoms with Crippen LogP contribution in [0.1, 0.15) is 24.2 Å². The second kappa shape index (κ2) is 7.58. The molecule has 0 saturated carbocycles. The van der Waals surface area contributed by atoms with E-state index in [1.807, 2.05) is 38.2 Å². The Bertz CT molecular complexity index is 646. The summed E-state index contributed by atoms with van der Waals surface area (Å²) in [5, 5.41) is 4.14. The molecule has 122 valence electrons. The second-order valence-corrected chi connectivity index (χ2v) is 5.22. The molecule has 0 saturated heterocycles. The minimum Gasteiger partial charge on any atom is -0.342 e. The Morgan fingerprint density at radius 3 is 2.30 bits per heavy atom. The molecule has 2 amide bonds. The molecule has 2 rings (SSSR count). The summed E-state index contributed by atoms with van der Waals surface area (Å²) in [5.41, 5.74) is 1.43. The van der Waals surface area contributed by atoms with Gasteiger partial charge in [0.15, 0.2) is 0 Å². The molecule has 0 aliphatic heterocycles. The third-order valence-electron chi connectivity index (χ3n) is 3.72. The van der Waals surface area contributed by atoms with Crippen LogP contribution in [0.5, 0.6) is 0 Å². The van der Waals surface area contributed by atoms with Crippen LogP contribution < -0.4 is 0 Å². The number of rotatable bonds is 6. The van der Waals surface area contributed by atoms with E-state index in [0.29, 0.717) is 18.7 Å².